The van der Waals surface area contributed by atoms with Crippen molar-refractivity contribution in [2.45, 2.75) is 26.5 Å². The van der Waals surface area contributed by atoms with Crippen LogP contribution in [0.2, 0.25) is 0 Å². The van der Waals surface area contributed by atoms with Crippen LogP contribution in [0.5, 0.6) is 5.75 Å². The highest BCUT2D eigenvalue weighted by Gasteiger charge is 2.16. The quantitative estimate of drug-likeness (QED) is 0.785. The van der Waals surface area contributed by atoms with Gasteiger partial charge in [0.05, 0.1) is 0 Å². The normalized spacial score (nSPS) is 12.2. The molecule has 94 valence electrons. The molecule has 1 unspecified atom stereocenters. The van der Waals surface area contributed by atoms with Crippen LogP contribution in [0.25, 0.3) is 0 Å². The van der Waals surface area contributed by atoms with E-state index in [2.05, 4.69) is 5.32 Å². The monoisotopic (exact) mass is 240 g/mol. The first-order valence-corrected chi connectivity index (χ1v) is 5.50. The Bertz CT molecular complexity index is 396. The van der Waals surface area contributed by atoms with Crippen molar-refractivity contribution < 1.29 is 13.9 Å². The number of hydrogen-bond donors (Lipinski definition) is 2. The van der Waals surface area contributed by atoms with Crippen molar-refractivity contribution in [3.63, 3.8) is 0 Å². The average Bonchev–Trinajstić information content (AvgIpc) is 2.29. The Morgan fingerprint density at radius 2 is 2.29 bits per heavy atom. The SMILES string of the molecule is CCNCc1cccc(F)c1OC(C)C(N)=O. The van der Waals surface area contributed by atoms with Gasteiger partial charge >= 0.3 is 0 Å². The van der Waals surface area contributed by atoms with Crippen molar-refractivity contribution in [3.8, 4) is 5.75 Å². The Labute approximate surface area is 100.0 Å². The number of para-hydroxylation sites is 1. The number of amides is 1. The van der Waals surface area contributed by atoms with Crippen molar-refractivity contribution >= 4 is 5.91 Å². The van der Waals surface area contributed by atoms with E-state index >= 15 is 0 Å². The third-order valence-corrected chi connectivity index (χ3v) is 2.31. The molecule has 0 saturated carbocycles. The fraction of sp³-hybridized carbons (Fsp3) is 0.417. The van der Waals surface area contributed by atoms with Crippen LogP contribution < -0.4 is 15.8 Å². The Balaban J connectivity index is 2.90. The number of hydrogen-bond acceptors (Lipinski definition) is 3. The molecule has 1 amide bonds. The summed E-state index contributed by atoms with van der Waals surface area (Å²) in [6.07, 6.45) is -0.854. The fourth-order valence-corrected chi connectivity index (χ4v) is 1.32. The van der Waals surface area contributed by atoms with E-state index < -0.39 is 17.8 Å². The summed E-state index contributed by atoms with van der Waals surface area (Å²) in [4.78, 5) is 10.9. The molecule has 0 aromatic heterocycles. The Kier molecular flexibility index (Phi) is 4.90. The second-order valence-electron chi connectivity index (χ2n) is 3.67. The Morgan fingerprint density at radius 1 is 1.59 bits per heavy atom. The van der Waals surface area contributed by atoms with Gasteiger partial charge in [0.15, 0.2) is 17.7 Å². The molecule has 0 aliphatic carbocycles. The van der Waals surface area contributed by atoms with Gasteiger partial charge in [-0.1, -0.05) is 19.1 Å². The zero-order valence-corrected chi connectivity index (χ0v) is 10.00. The van der Waals surface area contributed by atoms with E-state index in [-0.39, 0.29) is 5.75 Å². The lowest BCUT2D eigenvalue weighted by Crippen LogP contribution is -2.31. The van der Waals surface area contributed by atoms with Crippen LogP contribution in [0.3, 0.4) is 0 Å². The molecule has 0 aliphatic heterocycles. The van der Waals surface area contributed by atoms with Crippen molar-refractivity contribution in [3.05, 3.63) is 29.6 Å². The molecule has 1 aromatic rings. The number of primary amides is 1. The van der Waals surface area contributed by atoms with Crippen LogP contribution >= 0.6 is 0 Å². The minimum absolute atomic E-state index is 0.0831. The second-order valence-corrected chi connectivity index (χ2v) is 3.67. The highest BCUT2D eigenvalue weighted by molar-refractivity contribution is 5.78. The van der Waals surface area contributed by atoms with E-state index in [1.54, 1.807) is 12.1 Å². The van der Waals surface area contributed by atoms with Crippen LogP contribution in [0, 0.1) is 5.82 Å². The van der Waals surface area contributed by atoms with Crippen LogP contribution in [0.4, 0.5) is 4.39 Å². The summed E-state index contributed by atoms with van der Waals surface area (Å²) in [5.74, 6) is -1.03. The molecular formula is C12H17FN2O2. The topological polar surface area (TPSA) is 64.3 Å². The number of nitrogens with one attached hydrogen (secondary N) is 1. The molecule has 0 saturated heterocycles. The minimum Gasteiger partial charge on any atom is -0.477 e. The van der Waals surface area contributed by atoms with Crippen LogP contribution in [0.1, 0.15) is 19.4 Å². The van der Waals surface area contributed by atoms with Gasteiger partial charge in [0, 0.05) is 12.1 Å². The largest absolute Gasteiger partial charge is 0.477 e. The Morgan fingerprint density at radius 3 is 2.88 bits per heavy atom. The van der Waals surface area contributed by atoms with E-state index in [1.807, 2.05) is 6.92 Å². The first-order valence-electron chi connectivity index (χ1n) is 5.50. The lowest BCUT2D eigenvalue weighted by Gasteiger charge is -2.15. The van der Waals surface area contributed by atoms with E-state index in [0.29, 0.717) is 12.1 Å². The maximum atomic E-state index is 13.6. The van der Waals surface area contributed by atoms with Gasteiger partial charge in [0.1, 0.15) is 0 Å². The maximum absolute atomic E-state index is 13.6. The number of ether oxygens (including phenoxy) is 1. The maximum Gasteiger partial charge on any atom is 0.258 e. The molecule has 0 spiro atoms. The van der Waals surface area contributed by atoms with E-state index in [1.165, 1.54) is 13.0 Å². The van der Waals surface area contributed by atoms with Gasteiger partial charge in [-0.3, -0.25) is 4.79 Å². The van der Waals surface area contributed by atoms with Gasteiger partial charge in [-0.15, -0.1) is 0 Å². The van der Waals surface area contributed by atoms with Crippen molar-refractivity contribution in [1.82, 2.24) is 5.32 Å². The van der Waals surface area contributed by atoms with E-state index in [9.17, 15) is 9.18 Å². The van der Waals surface area contributed by atoms with Crippen LogP contribution in [-0.2, 0) is 11.3 Å². The van der Waals surface area contributed by atoms with Crippen molar-refractivity contribution in [2.24, 2.45) is 5.73 Å². The van der Waals surface area contributed by atoms with Gasteiger partial charge in [-0.25, -0.2) is 4.39 Å². The first kappa shape index (κ1) is 13.4. The third-order valence-electron chi connectivity index (χ3n) is 2.31. The summed E-state index contributed by atoms with van der Waals surface area (Å²) in [5.41, 5.74) is 5.75. The van der Waals surface area contributed by atoms with Gasteiger partial charge in [-0.2, -0.15) is 0 Å². The molecular weight excluding hydrogens is 223 g/mol. The van der Waals surface area contributed by atoms with Crippen LogP contribution in [-0.4, -0.2) is 18.6 Å². The predicted molar refractivity (Wildman–Crippen MR) is 63.1 cm³/mol. The fourth-order valence-electron chi connectivity index (χ4n) is 1.32. The summed E-state index contributed by atoms with van der Waals surface area (Å²) in [6.45, 7) is 4.69. The van der Waals surface area contributed by atoms with Crippen molar-refractivity contribution in [2.75, 3.05) is 6.54 Å². The van der Waals surface area contributed by atoms with Gasteiger partial charge in [-0.05, 0) is 19.5 Å². The molecule has 5 heteroatoms. The number of nitrogens with two attached hydrogens (primary N) is 1. The van der Waals surface area contributed by atoms with E-state index in [0.717, 1.165) is 6.54 Å². The van der Waals surface area contributed by atoms with Crippen molar-refractivity contribution in [1.29, 1.82) is 0 Å². The molecule has 3 N–H and O–H groups in total. The predicted octanol–water partition coefficient (Wildman–Crippen LogP) is 1.19. The highest BCUT2D eigenvalue weighted by Crippen LogP contribution is 2.23. The number of rotatable bonds is 6. The standard InChI is InChI=1S/C12H17FN2O2/c1-3-15-7-9-5-4-6-10(13)11(9)17-8(2)12(14)16/h4-6,8,15H,3,7H2,1-2H3,(H2,14,16). The van der Waals surface area contributed by atoms with Gasteiger partial charge in [0.2, 0.25) is 0 Å². The molecule has 0 heterocycles. The summed E-state index contributed by atoms with van der Waals surface area (Å²) < 4.78 is 18.8. The molecule has 0 aliphatic rings. The average molecular weight is 240 g/mol. The highest BCUT2D eigenvalue weighted by atomic mass is 19.1. The summed E-state index contributed by atoms with van der Waals surface area (Å²) in [5, 5.41) is 3.07. The zero-order chi connectivity index (χ0) is 12.8. The number of carbonyl (C=O) groups is 1. The smallest absolute Gasteiger partial charge is 0.258 e. The first-order chi connectivity index (χ1) is 8.06. The molecule has 0 bridgehead atoms. The molecule has 17 heavy (non-hydrogen) atoms. The third kappa shape index (κ3) is 3.71. The summed E-state index contributed by atoms with van der Waals surface area (Å²) in [6, 6.07) is 4.64. The lowest BCUT2D eigenvalue weighted by atomic mass is 10.2. The number of benzene rings is 1. The minimum atomic E-state index is -0.854. The molecule has 4 nitrogen and oxygen atoms in total. The number of halogens is 1. The molecule has 1 atom stereocenters. The Hall–Kier alpha value is -1.62. The lowest BCUT2D eigenvalue weighted by molar-refractivity contribution is -0.124. The molecule has 1 rings (SSSR count). The molecule has 0 fully saturated rings. The second kappa shape index (κ2) is 6.20. The van der Waals surface area contributed by atoms with Crippen LogP contribution in [0.15, 0.2) is 18.2 Å². The summed E-state index contributed by atoms with van der Waals surface area (Å²) in [7, 11) is 0. The summed E-state index contributed by atoms with van der Waals surface area (Å²) >= 11 is 0. The van der Waals surface area contributed by atoms with Gasteiger partial charge < -0.3 is 15.8 Å². The number of carbonyl (C=O) groups excluding carboxylic acids is 1. The van der Waals surface area contributed by atoms with Gasteiger partial charge in [0.25, 0.3) is 5.91 Å². The zero-order valence-electron chi connectivity index (χ0n) is 10.00. The molecule has 1 aromatic carbocycles. The molecule has 0 radical (unpaired) electrons. The van der Waals surface area contributed by atoms with E-state index in [4.69, 9.17) is 10.5 Å².